The number of aliphatic hydroxyl groups excluding tert-OH is 1. The molecule has 3 rings (SSSR count). The van der Waals surface area contributed by atoms with Gasteiger partial charge in [0.2, 0.25) is 5.91 Å². The molecule has 0 unspecified atom stereocenters. The second-order valence-corrected chi connectivity index (χ2v) is 7.83. The quantitative estimate of drug-likeness (QED) is 0.613. The number of nitrogens with zero attached hydrogens (tertiary/aromatic N) is 2. The normalized spacial score (nSPS) is 16.5. The zero-order valence-corrected chi connectivity index (χ0v) is 17.7. The van der Waals surface area contributed by atoms with Crippen LogP contribution in [0.5, 0.6) is 5.75 Å². The van der Waals surface area contributed by atoms with Gasteiger partial charge in [-0.2, -0.15) is 13.2 Å². The maximum Gasteiger partial charge on any atom is 0.416 e. The minimum Gasteiger partial charge on any atom is -0.491 e. The summed E-state index contributed by atoms with van der Waals surface area (Å²) < 4.78 is 43.4. The van der Waals surface area contributed by atoms with Gasteiger partial charge in [0.1, 0.15) is 18.5 Å². The van der Waals surface area contributed by atoms with Crippen molar-refractivity contribution in [1.82, 2.24) is 15.1 Å². The maximum absolute atomic E-state index is 12.6. The Bertz CT molecular complexity index is 839. The molecule has 1 aliphatic heterocycles. The second kappa shape index (κ2) is 11.3. The molecule has 1 saturated heterocycles. The van der Waals surface area contributed by atoms with Gasteiger partial charge in [-0.25, -0.2) is 0 Å². The molecule has 1 heterocycles. The fourth-order valence-electron chi connectivity index (χ4n) is 3.46. The molecule has 1 fully saturated rings. The summed E-state index contributed by atoms with van der Waals surface area (Å²) in [7, 11) is 0. The fraction of sp³-hybridized carbons (Fsp3) is 0.435. The molecule has 174 valence electrons. The Morgan fingerprint density at radius 1 is 1.00 bits per heavy atom. The number of para-hydroxylation sites is 1. The highest BCUT2D eigenvalue weighted by Gasteiger charge is 2.30. The average Bonchev–Trinajstić information content (AvgIpc) is 2.78. The number of aliphatic hydroxyl groups is 1. The second-order valence-electron chi connectivity index (χ2n) is 7.83. The van der Waals surface area contributed by atoms with Gasteiger partial charge in [0.25, 0.3) is 0 Å². The number of hydrogen-bond acceptors (Lipinski definition) is 5. The summed E-state index contributed by atoms with van der Waals surface area (Å²) in [4.78, 5) is 16.3. The number of piperazine rings is 1. The Hall–Kier alpha value is -2.62. The van der Waals surface area contributed by atoms with Crippen LogP contribution in [0.1, 0.15) is 11.1 Å². The smallest absolute Gasteiger partial charge is 0.416 e. The molecule has 0 spiro atoms. The zero-order valence-electron chi connectivity index (χ0n) is 17.7. The molecule has 2 N–H and O–H groups in total. The number of benzene rings is 2. The molecule has 0 bridgehead atoms. The van der Waals surface area contributed by atoms with E-state index < -0.39 is 17.8 Å². The summed E-state index contributed by atoms with van der Waals surface area (Å²) in [6.07, 6.45) is -4.97. The van der Waals surface area contributed by atoms with E-state index in [4.69, 9.17) is 4.74 Å². The standard InChI is InChI=1S/C23H28F3N3O3/c24-23(25,26)19-8-6-18(7-9-19)14-27-22(31)16-29-12-10-28(11-13-29)15-20(30)17-32-21-4-2-1-3-5-21/h1-9,20,30H,10-17H2,(H,27,31)/t20-/m0/s1. The van der Waals surface area contributed by atoms with Gasteiger partial charge in [-0.3, -0.25) is 14.6 Å². The van der Waals surface area contributed by atoms with Gasteiger partial charge >= 0.3 is 6.18 Å². The van der Waals surface area contributed by atoms with Gasteiger partial charge in [-0.15, -0.1) is 0 Å². The molecule has 1 aliphatic rings. The SMILES string of the molecule is O=C(CN1CCN(C[C@H](O)COc2ccccc2)CC1)NCc1ccc(C(F)(F)F)cc1. The number of halogens is 3. The van der Waals surface area contributed by atoms with Crippen molar-refractivity contribution < 1.29 is 27.8 Å². The van der Waals surface area contributed by atoms with E-state index >= 15 is 0 Å². The molecule has 0 radical (unpaired) electrons. The van der Waals surface area contributed by atoms with Crippen molar-refractivity contribution in [2.24, 2.45) is 0 Å². The maximum atomic E-state index is 12.6. The van der Waals surface area contributed by atoms with Crippen LogP contribution in [0.2, 0.25) is 0 Å². The highest BCUT2D eigenvalue weighted by Crippen LogP contribution is 2.29. The van der Waals surface area contributed by atoms with Crippen LogP contribution in [0.15, 0.2) is 54.6 Å². The molecule has 0 aromatic heterocycles. The molecule has 2 aromatic carbocycles. The van der Waals surface area contributed by atoms with E-state index in [1.807, 2.05) is 35.2 Å². The van der Waals surface area contributed by atoms with Crippen LogP contribution < -0.4 is 10.1 Å². The molecule has 1 amide bonds. The third-order valence-electron chi connectivity index (χ3n) is 5.26. The van der Waals surface area contributed by atoms with Gasteiger partial charge in [-0.1, -0.05) is 30.3 Å². The highest BCUT2D eigenvalue weighted by molar-refractivity contribution is 5.78. The summed E-state index contributed by atoms with van der Waals surface area (Å²) in [5.74, 6) is 0.549. The number of carbonyl (C=O) groups is 1. The topological polar surface area (TPSA) is 65.0 Å². The molecule has 9 heteroatoms. The van der Waals surface area contributed by atoms with E-state index in [-0.39, 0.29) is 25.6 Å². The van der Waals surface area contributed by atoms with E-state index in [0.29, 0.717) is 25.2 Å². The Morgan fingerprint density at radius 2 is 1.62 bits per heavy atom. The van der Waals surface area contributed by atoms with Crippen molar-refractivity contribution in [2.75, 3.05) is 45.9 Å². The van der Waals surface area contributed by atoms with Gasteiger partial charge in [0.15, 0.2) is 0 Å². The fourth-order valence-corrected chi connectivity index (χ4v) is 3.46. The summed E-state index contributed by atoms with van der Waals surface area (Å²) in [5.41, 5.74) is -0.0925. The lowest BCUT2D eigenvalue weighted by Gasteiger charge is -2.35. The van der Waals surface area contributed by atoms with Gasteiger partial charge in [0.05, 0.1) is 12.1 Å². The predicted octanol–water partition coefficient (Wildman–Crippen LogP) is 2.38. The third-order valence-corrected chi connectivity index (χ3v) is 5.26. The molecule has 0 saturated carbocycles. The highest BCUT2D eigenvalue weighted by atomic mass is 19.4. The number of β-amino-alcohol motifs (C(OH)–C–C–N with tert-alkyl or cyclic N) is 1. The Morgan fingerprint density at radius 3 is 2.25 bits per heavy atom. The van der Waals surface area contributed by atoms with Crippen molar-refractivity contribution in [1.29, 1.82) is 0 Å². The van der Waals surface area contributed by atoms with Crippen LogP contribution in [0.25, 0.3) is 0 Å². The lowest BCUT2D eigenvalue weighted by atomic mass is 10.1. The summed E-state index contributed by atoms with van der Waals surface area (Å²) in [6.45, 7) is 3.99. The number of hydrogen-bond donors (Lipinski definition) is 2. The largest absolute Gasteiger partial charge is 0.491 e. The van der Waals surface area contributed by atoms with Gasteiger partial charge in [0, 0.05) is 39.3 Å². The van der Waals surface area contributed by atoms with E-state index in [1.54, 1.807) is 0 Å². The van der Waals surface area contributed by atoms with Crippen LogP contribution in [0, 0.1) is 0 Å². The predicted molar refractivity (Wildman–Crippen MR) is 114 cm³/mol. The van der Waals surface area contributed by atoms with Crippen molar-refractivity contribution in [3.63, 3.8) is 0 Å². The van der Waals surface area contributed by atoms with Gasteiger partial charge in [-0.05, 0) is 29.8 Å². The number of alkyl halides is 3. The number of rotatable bonds is 9. The summed E-state index contributed by atoms with van der Waals surface area (Å²) in [6, 6.07) is 14.1. The first-order valence-electron chi connectivity index (χ1n) is 10.5. The van der Waals surface area contributed by atoms with Crippen LogP contribution in [0.4, 0.5) is 13.2 Å². The van der Waals surface area contributed by atoms with E-state index in [9.17, 15) is 23.1 Å². The lowest BCUT2D eigenvalue weighted by Crippen LogP contribution is -2.51. The molecule has 0 aliphatic carbocycles. The number of carbonyl (C=O) groups excluding carboxylic acids is 1. The number of ether oxygens (including phenoxy) is 1. The molecule has 32 heavy (non-hydrogen) atoms. The van der Waals surface area contributed by atoms with Crippen LogP contribution >= 0.6 is 0 Å². The van der Waals surface area contributed by atoms with Crippen molar-refractivity contribution in [3.05, 3.63) is 65.7 Å². The molecule has 1 atom stereocenters. The molecule has 6 nitrogen and oxygen atoms in total. The molecular weight excluding hydrogens is 423 g/mol. The molecule has 2 aromatic rings. The Balaban J connectivity index is 1.31. The zero-order chi connectivity index (χ0) is 23.0. The summed E-state index contributed by atoms with van der Waals surface area (Å²) >= 11 is 0. The first-order valence-corrected chi connectivity index (χ1v) is 10.5. The first-order chi connectivity index (χ1) is 15.3. The lowest BCUT2D eigenvalue weighted by molar-refractivity contribution is -0.137. The minimum absolute atomic E-state index is 0.172. The Kier molecular flexibility index (Phi) is 8.49. The van der Waals surface area contributed by atoms with E-state index in [1.165, 1.54) is 12.1 Å². The van der Waals surface area contributed by atoms with Crippen LogP contribution in [0.3, 0.4) is 0 Å². The number of nitrogens with one attached hydrogen (secondary N) is 1. The van der Waals surface area contributed by atoms with Crippen molar-refractivity contribution >= 4 is 5.91 Å². The van der Waals surface area contributed by atoms with Crippen LogP contribution in [-0.4, -0.2) is 72.8 Å². The van der Waals surface area contributed by atoms with Crippen molar-refractivity contribution in [2.45, 2.75) is 18.8 Å². The Labute approximate surface area is 185 Å². The monoisotopic (exact) mass is 451 g/mol. The van der Waals surface area contributed by atoms with E-state index in [0.717, 1.165) is 31.0 Å². The first kappa shape index (κ1) is 24.0. The third kappa shape index (κ3) is 7.81. The minimum atomic E-state index is -4.37. The van der Waals surface area contributed by atoms with Gasteiger partial charge < -0.3 is 15.2 Å². The van der Waals surface area contributed by atoms with E-state index in [2.05, 4.69) is 10.2 Å². The summed E-state index contributed by atoms with van der Waals surface area (Å²) in [5, 5.41) is 13.0. The molecular formula is C23H28F3N3O3. The van der Waals surface area contributed by atoms with Crippen LogP contribution in [-0.2, 0) is 17.5 Å². The average molecular weight is 451 g/mol. The number of amides is 1. The van der Waals surface area contributed by atoms with Crippen molar-refractivity contribution in [3.8, 4) is 5.75 Å².